The summed E-state index contributed by atoms with van der Waals surface area (Å²) in [6, 6.07) is 0. The first-order valence-electron chi connectivity index (χ1n) is 3.20. The third-order valence-electron chi connectivity index (χ3n) is 1.26. The molecule has 2 aromatic rings. The van der Waals surface area contributed by atoms with Gasteiger partial charge in [-0.3, -0.25) is 4.79 Å². The highest BCUT2D eigenvalue weighted by molar-refractivity contribution is 9.10. The number of aromatic nitrogens is 3. The van der Waals surface area contributed by atoms with Crippen molar-refractivity contribution in [2.45, 2.75) is 0 Å². The number of hydrogen-bond donors (Lipinski definition) is 0. The third-order valence-corrected chi connectivity index (χ3v) is 3.32. The molecule has 0 aliphatic rings. The molecule has 0 amide bonds. The van der Waals surface area contributed by atoms with Gasteiger partial charge in [0.1, 0.15) is 10.3 Å². The minimum absolute atomic E-state index is 0.176. The highest BCUT2D eigenvalue weighted by Crippen LogP contribution is 2.17. The molecule has 2 rings (SSSR count). The molecule has 0 fully saturated rings. The Bertz CT molecular complexity index is 425. The predicted molar refractivity (Wildman–Crippen MR) is 53.2 cm³/mol. The van der Waals surface area contributed by atoms with Crippen molar-refractivity contribution >= 4 is 44.6 Å². The average Bonchev–Trinajstić information content (AvgIpc) is 2.72. The smallest absolute Gasteiger partial charge is 0.242 e. The molecule has 0 unspecified atom stereocenters. The summed E-state index contributed by atoms with van der Waals surface area (Å²) in [5.41, 5.74) is 0.354. The molecule has 7 heteroatoms. The molecule has 2 heterocycles. The molecule has 0 aliphatic heterocycles. The van der Waals surface area contributed by atoms with Gasteiger partial charge in [0.25, 0.3) is 0 Å². The second-order valence-electron chi connectivity index (χ2n) is 2.09. The number of thiazole rings is 1. The van der Waals surface area contributed by atoms with Crippen LogP contribution < -0.4 is 0 Å². The zero-order valence-electron chi connectivity index (χ0n) is 6.10. The van der Waals surface area contributed by atoms with Gasteiger partial charge in [-0.2, -0.15) is 0 Å². The summed E-state index contributed by atoms with van der Waals surface area (Å²) in [6.45, 7) is 0. The van der Waals surface area contributed by atoms with E-state index in [1.807, 2.05) is 0 Å². The highest BCUT2D eigenvalue weighted by atomic mass is 79.9. The third kappa shape index (κ3) is 1.82. The van der Waals surface area contributed by atoms with E-state index in [1.165, 1.54) is 11.3 Å². The fourth-order valence-electron chi connectivity index (χ4n) is 0.732. The van der Waals surface area contributed by atoms with Crippen LogP contribution in [0, 0.1) is 0 Å². The van der Waals surface area contributed by atoms with Gasteiger partial charge in [0.15, 0.2) is 5.01 Å². The van der Waals surface area contributed by atoms with Crippen molar-refractivity contribution in [1.82, 2.24) is 14.6 Å². The molecule has 0 N–H and O–H groups in total. The largest absolute Gasteiger partial charge is 0.284 e. The molecule has 0 spiro atoms. The first-order valence-corrected chi connectivity index (χ1v) is 5.71. The number of carbonyl (C=O) groups is 1. The number of halogens is 1. The van der Waals surface area contributed by atoms with E-state index in [0.717, 1.165) is 11.5 Å². The summed E-state index contributed by atoms with van der Waals surface area (Å²) in [5, 5.41) is 7.47. The molecule has 0 atom stereocenters. The Hall–Kier alpha value is -0.660. The Kier molecular flexibility index (Phi) is 2.47. The maximum absolute atomic E-state index is 11.6. The van der Waals surface area contributed by atoms with Crippen molar-refractivity contribution in [3.05, 3.63) is 26.1 Å². The molecule has 0 radical (unpaired) electrons. The first kappa shape index (κ1) is 8.92. The van der Waals surface area contributed by atoms with Gasteiger partial charge < -0.3 is 0 Å². The quantitative estimate of drug-likeness (QED) is 0.787. The van der Waals surface area contributed by atoms with Crippen LogP contribution in [0.3, 0.4) is 0 Å². The molecule has 13 heavy (non-hydrogen) atoms. The molecule has 0 bridgehead atoms. The maximum Gasteiger partial charge on any atom is 0.242 e. The van der Waals surface area contributed by atoms with Crippen LogP contribution in [0.25, 0.3) is 0 Å². The second kappa shape index (κ2) is 3.60. The van der Waals surface area contributed by atoms with E-state index in [4.69, 9.17) is 0 Å². The summed E-state index contributed by atoms with van der Waals surface area (Å²) in [4.78, 5) is 15.5. The van der Waals surface area contributed by atoms with Crippen molar-refractivity contribution in [1.29, 1.82) is 0 Å². The van der Waals surface area contributed by atoms with E-state index in [2.05, 4.69) is 30.5 Å². The fourth-order valence-corrected chi connectivity index (χ4v) is 2.37. The molecule has 66 valence electrons. The Morgan fingerprint density at radius 1 is 1.46 bits per heavy atom. The summed E-state index contributed by atoms with van der Waals surface area (Å²) >= 11 is 5.62. The van der Waals surface area contributed by atoms with Crippen LogP contribution in [0.1, 0.15) is 15.5 Å². The number of carbonyl (C=O) groups excluding carboxylic acids is 1. The van der Waals surface area contributed by atoms with Crippen LogP contribution in [-0.4, -0.2) is 20.4 Å². The normalized spacial score (nSPS) is 10.2. The van der Waals surface area contributed by atoms with E-state index in [9.17, 15) is 4.79 Å². The Morgan fingerprint density at radius 2 is 2.31 bits per heavy atom. The lowest BCUT2D eigenvalue weighted by atomic mass is 10.3. The predicted octanol–water partition coefficient (Wildman–Crippen LogP) is 1.99. The number of ketones is 1. The van der Waals surface area contributed by atoms with Gasteiger partial charge in [0.2, 0.25) is 5.78 Å². The van der Waals surface area contributed by atoms with Gasteiger partial charge in [0.05, 0.1) is 0 Å². The van der Waals surface area contributed by atoms with E-state index < -0.39 is 0 Å². The molecular formula is C6H2BrN3OS2. The Balaban J connectivity index is 2.33. The van der Waals surface area contributed by atoms with Gasteiger partial charge in [-0.1, -0.05) is 4.49 Å². The minimum atomic E-state index is -0.176. The van der Waals surface area contributed by atoms with Crippen molar-refractivity contribution in [2.24, 2.45) is 0 Å². The SMILES string of the molecule is O=C(c1csnn1)c1nc(Br)cs1. The molecular weight excluding hydrogens is 274 g/mol. The van der Waals surface area contributed by atoms with Gasteiger partial charge >= 0.3 is 0 Å². The lowest BCUT2D eigenvalue weighted by Gasteiger charge is -1.86. The van der Waals surface area contributed by atoms with Crippen LogP contribution in [-0.2, 0) is 0 Å². The summed E-state index contributed by atoms with van der Waals surface area (Å²) < 4.78 is 4.28. The second-order valence-corrected chi connectivity index (χ2v) is 4.38. The summed E-state index contributed by atoms with van der Waals surface area (Å²) in [7, 11) is 0. The van der Waals surface area contributed by atoms with E-state index in [-0.39, 0.29) is 5.78 Å². The van der Waals surface area contributed by atoms with Crippen LogP contribution in [0.2, 0.25) is 0 Å². The first-order chi connectivity index (χ1) is 6.27. The topological polar surface area (TPSA) is 55.7 Å². The summed E-state index contributed by atoms with van der Waals surface area (Å²) in [6.07, 6.45) is 0. The monoisotopic (exact) mass is 275 g/mol. The highest BCUT2D eigenvalue weighted by Gasteiger charge is 2.15. The van der Waals surface area contributed by atoms with E-state index in [1.54, 1.807) is 10.8 Å². The van der Waals surface area contributed by atoms with Crippen molar-refractivity contribution in [2.75, 3.05) is 0 Å². The molecule has 2 aromatic heterocycles. The van der Waals surface area contributed by atoms with E-state index >= 15 is 0 Å². The molecule has 4 nitrogen and oxygen atoms in total. The van der Waals surface area contributed by atoms with Crippen LogP contribution >= 0.6 is 38.8 Å². The van der Waals surface area contributed by atoms with Gasteiger partial charge in [-0.05, 0) is 27.5 Å². The lowest BCUT2D eigenvalue weighted by molar-refractivity contribution is 0.103. The van der Waals surface area contributed by atoms with Gasteiger partial charge in [-0.25, -0.2) is 4.98 Å². The summed E-state index contributed by atoms with van der Waals surface area (Å²) in [5.74, 6) is -0.176. The Morgan fingerprint density at radius 3 is 2.85 bits per heavy atom. The van der Waals surface area contributed by atoms with Gasteiger partial charge in [-0.15, -0.1) is 16.4 Å². The zero-order valence-corrected chi connectivity index (χ0v) is 9.32. The van der Waals surface area contributed by atoms with Crippen molar-refractivity contribution in [3.8, 4) is 0 Å². The van der Waals surface area contributed by atoms with Gasteiger partial charge in [0, 0.05) is 10.8 Å². The maximum atomic E-state index is 11.6. The van der Waals surface area contributed by atoms with E-state index in [0.29, 0.717) is 15.3 Å². The number of hydrogen-bond acceptors (Lipinski definition) is 6. The van der Waals surface area contributed by atoms with Crippen LogP contribution in [0.5, 0.6) is 0 Å². The van der Waals surface area contributed by atoms with Crippen molar-refractivity contribution < 1.29 is 4.79 Å². The fraction of sp³-hybridized carbons (Fsp3) is 0. The standard InChI is InChI=1S/C6H2BrN3OS2/c7-4-2-12-6(8-4)5(11)3-1-13-10-9-3/h1-2H. The average molecular weight is 276 g/mol. The Labute approximate surface area is 89.9 Å². The number of rotatable bonds is 2. The minimum Gasteiger partial charge on any atom is -0.284 e. The van der Waals surface area contributed by atoms with Crippen LogP contribution in [0.4, 0.5) is 0 Å². The number of nitrogens with zero attached hydrogens (tertiary/aromatic N) is 3. The molecule has 0 saturated carbocycles. The van der Waals surface area contributed by atoms with Crippen molar-refractivity contribution in [3.63, 3.8) is 0 Å². The zero-order chi connectivity index (χ0) is 9.26. The lowest BCUT2D eigenvalue weighted by Crippen LogP contribution is -2.00. The molecule has 0 aromatic carbocycles. The molecule has 0 aliphatic carbocycles. The molecule has 0 saturated heterocycles. The van der Waals surface area contributed by atoms with Crippen LogP contribution in [0.15, 0.2) is 15.4 Å².